The molecule has 0 radical (unpaired) electrons. The second-order valence-corrected chi connectivity index (χ2v) is 7.06. The highest BCUT2D eigenvalue weighted by Gasteiger charge is 2.08. The lowest BCUT2D eigenvalue weighted by Crippen LogP contribution is -2.14. The Hall–Kier alpha value is -2.86. The Morgan fingerprint density at radius 1 is 1.15 bits per heavy atom. The molecule has 2 heterocycles. The third-order valence-corrected chi connectivity index (χ3v) is 4.35. The molecular formula is C20H21N3O2S. The predicted octanol–water partition coefficient (Wildman–Crippen LogP) is 4.86. The lowest BCUT2D eigenvalue weighted by molar-refractivity contribution is -0.115. The Kier molecular flexibility index (Phi) is 5.86. The van der Waals surface area contributed by atoms with Crippen LogP contribution in [0.1, 0.15) is 18.7 Å². The first-order valence-corrected chi connectivity index (χ1v) is 9.29. The predicted molar refractivity (Wildman–Crippen MR) is 106 cm³/mol. The summed E-state index contributed by atoms with van der Waals surface area (Å²) in [5.41, 5.74) is 1.69. The van der Waals surface area contributed by atoms with E-state index in [1.54, 1.807) is 23.6 Å². The molecule has 5 nitrogen and oxygen atoms in total. The molecule has 3 rings (SSSR count). The van der Waals surface area contributed by atoms with E-state index in [-0.39, 0.29) is 12.0 Å². The minimum atomic E-state index is -0.0728. The number of carbonyl (C=O) groups is 1. The standard InChI is InChI=1S/C20H21N3O2S/c1-14(2)25-18-8-4-3-7-17(18)22-15-9-10-19(21-13-15)23-20(24)12-16-6-5-11-26-16/h3-11,13-14,22H,12H2,1-2H3,(H,21,23,24). The third-order valence-electron chi connectivity index (χ3n) is 3.47. The summed E-state index contributed by atoms with van der Waals surface area (Å²) < 4.78 is 5.80. The molecule has 0 saturated heterocycles. The molecule has 0 spiro atoms. The van der Waals surface area contributed by atoms with Crippen molar-refractivity contribution in [3.8, 4) is 5.75 Å². The summed E-state index contributed by atoms with van der Waals surface area (Å²) in [5.74, 6) is 1.25. The van der Waals surface area contributed by atoms with E-state index in [0.29, 0.717) is 12.2 Å². The number of para-hydroxylation sites is 2. The van der Waals surface area contributed by atoms with Crippen molar-refractivity contribution < 1.29 is 9.53 Å². The molecule has 0 unspecified atom stereocenters. The van der Waals surface area contributed by atoms with Crippen LogP contribution in [0, 0.1) is 0 Å². The Balaban J connectivity index is 1.62. The van der Waals surface area contributed by atoms with Crippen LogP contribution < -0.4 is 15.4 Å². The molecule has 1 aromatic carbocycles. The van der Waals surface area contributed by atoms with E-state index in [1.807, 2.05) is 61.7 Å². The number of nitrogens with zero attached hydrogens (tertiary/aromatic N) is 1. The maximum atomic E-state index is 12.0. The normalized spacial score (nSPS) is 10.6. The largest absolute Gasteiger partial charge is 0.489 e. The van der Waals surface area contributed by atoms with Crippen LogP contribution in [0.5, 0.6) is 5.75 Å². The summed E-state index contributed by atoms with van der Waals surface area (Å²) in [6.45, 7) is 3.98. The van der Waals surface area contributed by atoms with Crippen LogP contribution in [-0.4, -0.2) is 17.0 Å². The number of amides is 1. The molecule has 0 aliphatic rings. The van der Waals surface area contributed by atoms with Gasteiger partial charge < -0.3 is 15.4 Å². The molecule has 0 aliphatic carbocycles. The van der Waals surface area contributed by atoms with Gasteiger partial charge in [-0.15, -0.1) is 11.3 Å². The van der Waals surface area contributed by atoms with Crippen LogP contribution >= 0.6 is 11.3 Å². The highest BCUT2D eigenvalue weighted by molar-refractivity contribution is 7.10. The quantitative estimate of drug-likeness (QED) is 0.626. The van der Waals surface area contributed by atoms with E-state index < -0.39 is 0 Å². The maximum absolute atomic E-state index is 12.0. The van der Waals surface area contributed by atoms with Crippen LogP contribution in [0.25, 0.3) is 0 Å². The fourth-order valence-electron chi connectivity index (χ4n) is 2.38. The molecule has 2 N–H and O–H groups in total. The second kappa shape index (κ2) is 8.49. The van der Waals surface area contributed by atoms with Crippen molar-refractivity contribution in [2.24, 2.45) is 0 Å². The third kappa shape index (κ3) is 5.07. The summed E-state index contributed by atoms with van der Waals surface area (Å²) in [6, 6.07) is 15.3. The van der Waals surface area contributed by atoms with Gasteiger partial charge in [-0.25, -0.2) is 4.98 Å². The van der Waals surface area contributed by atoms with E-state index in [9.17, 15) is 4.79 Å². The van der Waals surface area contributed by atoms with Gasteiger partial charge in [0.05, 0.1) is 30.1 Å². The van der Waals surface area contributed by atoms with Gasteiger partial charge in [0.1, 0.15) is 11.6 Å². The van der Waals surface area contributed by atoms with Crippen LogP contribution in [0.2, 0.25) is 0 Å². The molecule has 0 fully saturated rings. The lowest BCUT2D eigenvalue weighted by atomic mass is 10.2. The first-order chi connectivity index (χ1) is 12.6. The van der Waals surface area contributed by atoms with Crippen LogP contribution in [0.4, 0.5) is 17.2 Å². The number of thiophene rings is 1. The average Bonchev–Trinajstić information content (AvgIpc) is 3.11. The van der Waals surface area contributed by atoms with Gasteiger partial charge in [-0.2, -0.15) is 0 Å². The molecule has 2 aromatic heterocycles. The minimum absolute atomic E-state index is 0.0728. The highest BCUT2D eigenvalue weighted by atomic mass is 32.1. The molecule has 0 saturated carbocycles. The van der Waals surface area contributed by atoms with E-state index >= 15 is 0 Å². The molecule has 26 heavy (non-hydrogen) atoms. The molecule has 3 aromatic rings. The Labute approximate surface area is 157 Å². The number of benzene rings is 1. The van der Waals surface area contributed by atoms with Crippen LogP contribution in [-0.2, 0) is 11.2 Å². The zero-order chi connectivity index (χ0) is 18.4. The summed E-state index contributed by atoms with van der Waals surface area (Å²) in [6.07, 6.45) is 2.14. The van der Waals surface area contributed by atoms with Crippen LogP contribution in [0.15, 0.2) is 60.1 Å². The van der Waals surface area contributed by atoms with Crippen molar-refractivity contribution in [3.63, 3.8) is 0 Å². The van der Waals surface area contributed by atoms with Gasteiger partial charge in [-0.3, -0.25) is 4.79 Å². The number of aromatic nitrogens is 1. The van der Waals surface area contributed by atoms with E-state index in [0.717, 1.165) is 22.0 Å². The number of carbonyl (C=O) groups excluding carboxylic acids is 1. The second-order valence-electron chi connectivity index (χ2n) is 6.02. The van der Waals surface area contributed by atoms with E-state index in [4.69, 9.17) is 4.74 Å². The van der Waals surface area contributed by atoms with Gasteiger partial charge in [-0.05, 0) is 49.6 Å². The zero-order valence-corrected chi connectivity index (χ0v) is 15.5. The highest BCUT2D eigenvalue weighted by Crippen LogP contribution is 2.28. The molecule has 6 heteroatoms. The van der Waals surface area contributed by atoms with Crippen molar-refractivity contribution in [3.05, 3.63) is 65.0 Å². The summed E-state index contributed by atoms with van der Waals surface area (Å²) >= 11 is 1.57. The number of pyridine rings is 1. The van der Waals surface area contributed by atoms with Gasteiger partial charge in [-0.1, -0.05) is 18.2 Å². The van der Waals surface area contributed by atoms with E-state index in [1.165, 1.54) is 0 Å². The van der Waals surface area contributed by atoms with Gasteiger partial charge in [0.15, 0.2) is 0 Å². The van der Waals surface area contributed by atoms with Crippen molar-refractivity contribution >= 4 is 34.4 Å². The zero-order valence-electron chi connectivity index (χ0n) is 14.7. The maximum Gasteiger partial charge on any atom is 0.230 e. The van der Waals surface area contributed by atoms with Gasteiger partial charge in [0.2, 0.25) is 5.91 Å². The Morgan fingerprint density at radius 2 is 2.00 bits per heavy atom. The van der Waals surface area contributed by atoms with Gasteiger partial charge in [0.25, 0.3) is 0 Å². The number of hydrogen-bond acceptors (Lipinski definition) is 5. The average molecular weight is 367 g/mol. The summed E-state index contributed by atoms with van der Waals surface area (Å²) in [4.78, 5) is 17.4. The number of nitrogens with one attached hydrogen (secondary N) is 2. The minimum Gasteiger partial charge on any atom is -0.489 e. The fourth-order valence-corrected chi connectivity index (χ4v) is 3.09. The number of ether oxygens (including phenoxy) is 1. The first-order valence-electron chi connectivity index (χ1n) is 8.41. The smallest absolute Gasteiger partial charge is 0.230 e. The number of hydrogen-bond donors (Lipinski definition) is 2. The Bertz CT molecular complexity index is 846. The van der Waals surface area contributed by atoms with Crippen molar-refractivity contribution in [1.29, 1.82) is 0 Å². The van der Waals surface area contributed by atoms with Crippen molar-refractivity contribution in [2.45, 2.75) is 26.4 Å². The van der Waals surface area contributed by atoms with E-state index in [2.05, 4.69) is 15.6 Å². The molecule has 0 atom stereocenters. The molecule has 0 aliphatic heterocycles. The number of anilines is 3. The SMILES string of the molecule is CC(C)Oc1ccccc1Nc1ccc(NC(=O)Cc2cccs2)nc1. The number of rotatable bonds is 7. The lowest BCUT2D eigenvalue weighted by Gasteiger charge is -2.15. The van der Waals surface area contributed by atoms with Gasteiger partial charge >= 0.3 is 0 Å². The molecule has 0 bridgehead atoms. The summed E-state index contributed by atoms with van der Waals surface area (Å²) in [7, 11) is 0. The molecule has 1 amide bonds. The Morgan fingerprint density at radius 3 is 2.69 bits per heavy atom. The monoisotopic (exact) mass is 367 g/mol. The topological polar surface area (TPSA) is 63.2 Å². The van der Waals surface area contributed by atoms with Crippen molar-refractivity contribution in [2.75, 3.05) is 10.6 Å². The van der Waals surface area contributed by atoms with Crippen molar-refractivity contribution in [1.82, 2.24) is 4.98 Å². The fraction of sp³-hybridized carbons (Fsp3) is 0.200. The molecular weight excluding hydrogens is 346 g/mol. The van der Waals surface area contributed by atoms with Gasteiger partial charge in [0, 0.05) is 4.88 Å². The molecule has 134 valence electrons. The van der Waals surface area contributed by atoms with Crippen LogP contribution in [0.3, 0.4) is 0 Å². The first kappa shape index (κ1) is 17.9. The summed E-state index contributed by atoms with van der Waals surface area (Å²) in [5, 5.41) is 8.07.